The molecule has 3 rings (SSSR count). The molecule has 2 aromatic carbocycles. The van der Waals surface area contributed by atoms with E-state index < -0.39 is 10.0 Å². The standard InChI is InChI=1S/C20H22N2O4S/c1-13(15-3-4-15)21-20(24)17-5-9-18(10-6-17)22-27(25,26)19-11-7-16(8-12-19)14(2)23/h5-13,15,22H,3-4H2,1-2H3,(H,21,24). The van der Waals surface area contributed by atoms with Gasteiger partial charge in [-0.1, -0.05) is 12.1 Å². The topological polar surface area (TPSA) is 92.3 Å². The number of anilines is 1. The Morgan fingerprint density at radius 1 is 0.963 bits per heavy atom. The number of hydrogen-bond donors (Lipinski definition) is 2. The maximum atomic E-state index is 12.5. The maximum absolute atomic E-state index is 12.5. The van der Waals surface area contributed by atoms with Crippen molar-refractivity contribution in [2.24, 2.45) is 5.92 Å². The number of ketones is 1. The zero-order valence-electron chi connectivity index (χ0n) is 15.2. The minimum absolute atomic E-state index is 0.0626. The number of sulfonamides is 1. The van der Waals surface area contributed by atoms with Crippen molar-refractivity contribution < 1.29 is 18.0 Å². The van der Waals surface area contributed by atoms with Gasteiger partial charge in [0.2, 0.25) is 0 Å². The largest absolute Gasteiger partial charge is 0.349 e. The molecule has 0 radical (unpaired) electrons. The van der Waals surface area contributed by atoms with Crippen molar-refractivity contribution >= 4 is 27.4 Å². The molecule has 1 aliphatic carbocycles. The first kappa shape index (κ1) is 19.1. The second kappa shape index (κ2) is 7.52. The lowest BCUT2D eigenvalue weighted by Crippen LogP contribution is -2.33. The molecule has 0 heterocycles. The molecule has 27 heavy (non-hydrogen) atoms. The van der Waals surface area contributed by atoms with E-state index in [4.69, 9.17) is 0 Å². The Labute approximate surface area is 159 Å². The number of amides is 1. The normalized spacial score (nSPS) is 15.0. The molecule has 0 spiro atoms. The van der Waals surface area contributed by atoms with Gasteiger partial charge in [0.25, 0.3) is 15.9 Å². The van der Waals surface area contributed by atoms with Crippen molar-refractivity contribution in [3.8, 4) is 0 Å². The van der Waals surface area contributed by atoms with Crippen LogP contribution in [0.1, 0.15) is 47.4 Å². The summed E-state index contributed by atoms with van der Waals surface area (Å²) in [5.74, 6) is 0.273. The van der Waals surface area contributed by atoms with Gasteiger partial charge in [-0.2, -0.15) is 0 Å². The first-order valence-corrected chi connectivity index (χ1v) is 10.3. The number of rotatable bonds is 7. The highest BCUT2D eigenvalue weighted by atomic mass is 32.2. The van der Waals surface area contributed by atoms with Gasteiger partial charge in [0.1, 0.15) is 0 Å². The first-order valence-electron chi connectivity index (χ1n) is 8.81. The van der Waals surface area contributed by atoms with Crippen LogP contribution in [0.5, 0.6) is 0 Å². The van der Waals surface area contributed by atoms with E-state index in [2.05, 4.69) is 10.0 Å². The van der Waals surface area contributed by atoms with Crippen molar-refractivity contribution in [3.05, 3.63) is 59.7 Å². The maximum Gasteiger partial charge on any atom is 0.261 e. The molecule has 1 aliphatic rings. The molecule has 2 N–H and O–H groups in total. The lowest BCUT2D eigenvalue weighted by molar-refractivity contribution is 0.0935. The second-order valence-electron chi connectivity index (χ2n) is 6.86. The number of nitrogens with one attached hydrogen (secondary N) is 2. The second-order valence-corrected chi connectivity index (χ2v) is 8.55. The highest BCUT2D eigenvalue weighted by molar-refractivity contribution is 7.92. The minimum atomic E-state index is -3.77. The van der Waals surface area contributed by atoms with Crippen LogP contribution >= 0.6 is 0 Å². The van der Waals surface area contributed by atoms with Crippen LogP contribution in [0.4, 0.5) is 5.69 Å². The van der Waals surface area contributed by atoms with Crippen molar-refractivity contribution in [1.29, 1.82) is 0 Å². The molecule has 1 amide bonds. The van der Waals surface area contributed by atoms with Crippen LogP contribution in [0.25, 0.3) is 0 Å². The summed E-state index contributed by atoms with van der Waals surface area (Å²) in [4.78, 5) is 23.6. The molecule has 142 valence electrons. The lowest BCUT2D eigenvalue weighted by Gasteiger charge is -2.13. The fourth-order valence-corrected chi connectivity index (χ4v) is 3.84. The van der Waals surface area contributed by atoms with Gasteiger partial charge in [0.15, 0.2) is 5.78 Å². The Morgan fingerprint density at radius 2 is 1.52 bits per heavy atom. The Bertz CT molecular complexity index is 946. The highest BCUT2D eigenvalue weighted by Gasteiger charge is 2.29. The van der Waals surface area contributed by atoms with Crippen molar-refractivity contribution in [2.45, 2.75) is 37.6 Å². The van der Waals surface area contributed by atoms with E-state index >= 15 is 0 Å². The number of carbonyl (C=O) groups is 2. The average Bonchev–Trinajstić information content (AvgIpc) is 3.47. The zero-order chi connectivity index (χ0) is 19.6. The van der Waals surface area contributed by atoms with E-state index in [0.717, 1.165) is 12.8 Å². The van der Waals surface area contributed by atoms with Gasteiger partial charge < -0.3 is 5.32 Å². The van der Waals surface area contributed by atoms with E-state index in [1.807, 2.05) is 6.92 Å². The number of hydrogen-bond acceptors (Lipinski definition) is 4. The molecule has 0 aromatic heterocycles. The summed E-state index contributed by atoms with van der Waals surface area (Å²) in [6.45, 7) is 3.42. The fraction of sp³-hybridized carbons (Fsp3) is 0.300. The quantitative estimate of drug-likeness (QED) is 0.715. The third-order valence-corrected chi connectivity index (χ3v) is 6.06. The molecule has 1 atom stereocenters. The summed E-state index contributed by atoms with van der Waals surface area (Å²) in [5.41, 5.74) is 1.29. The van der Waals surface area contributed by atoms with E-state index in [0.29, 0.717) is 22.7 Å². The minimum Gasteiger partial charge on any atom is -0.349 e. The molecule has 1 fully saturated rings. The summed E-state index contributed by atoms with van der Waals surface area (Å²) >= 11 is 0. The third-order valence-electron chi connectivity index (χ3n) is 4.66. The highest BCUT2D eigenvalue weighted by Crippen LogP contribution is 2.32. The Balaban J connectivity index is 1.67. The van der Waals surface area contributed by atoms with E-state index in [-0.39, 0.29) is 22.6 Å². The van der Waals surface area contributed by atoms with Crippen LogP contribution in [0.2, 0.25) is 0 Å². The Morgan fingerprint density at radius 3 is 2.04 bits per heavy atom. The van der Waals surface area contributed by atoms with Gasteiger partial charge >= 0.3 is 0 Å². The predicted octanol–water partition coefficient (Wildman–Crippen LogP) is 3.22. The van der Waals surface area contributed by atoms with Crippen LogP contribution < -0.4 is 10.0 Å². The van der Waals surface area contributed by atoms with Crippen molar-refractivity contribution in [1.82, 2.24) is 5.32 Å². The monoisotopic (exact) mass is 386 g/mol. The summed E-state index contributed by atoms with van der Waals surface area (Å²) in [6, 6.07) is 12.2. The number of Topliss-reactive ketones (excluding diaryl/α,β-unsaturated/α-hetero) is 1. The van der Waals surface area contributed by atoms with Gasteiger partial charge in [-0.3, -0.25) is 14.3 Å². The zero-order valence-corrected chi connectivity index (χ0v) is 16.0. The summed E-state index contributed by atoms with van der Waals surface area (Å²) < 4.78 is 27.4. The third kappa shape index (κ3) is 4.74. The molecule has 1 saturated carbocycles. The van der Waals surface area contributed by atoms with Gasteiger partial charge in [0, 0.05) is 22.9 Å². The molecular weight excluding hydrogens is 364 g/mol. The number of benzene rings is 2. The van der Waals surface area contributed by atoms with Crippen LogP contribution in [0, 0.1) is 5.92 Å². The smallest absolute Gasteiger partial charge is 0.261 e. The van der Waals surface area contributed by atoms with Crippen LogP contribution in [-0.2, 0) is 10.0 Å². The van der Waals surface area contributed by atoms with Crippen molar-refractivity contribution in [2.75, 3.05) is 4.72 Å². The van der Waals surface area contributed by atoms with Crippen LogP contribution in [0.15, 0.2) is 53.4 Å². The Hall–Kier alpha value is -2.67. The molecule has 0 aliphatic heterocycles. The van der Waals surface area contributed by atoms with Gasteiger partial charge in [-0.05, 0) is 69.0 Å². The molecule has 7 heteroatoms. The molecular formula is C20H22N2O4S. The van der Waals surface area contributed by atoms with Crippen molar-refractivity contribution in [3.63, 3.8) is 0 Å². The summed E-state index contributed by atoms with van der Waals surface area (Å²) in [6.07, 6.45) is 2.30. The summed E-state index contributed by atoms with van der Waals surface area (Å²) in [5, 5.41) is 2.96. The van der Waals surface area contributed by atoms with E-state index in [9.17, 15) is 18.0 Å². The molecule has 1 unspecified atom stereocenters. The Kier molecular flexibility index (Phi) is 5.32. The number of carbonyl (C=O) groups excluding carboxylic acids is 2. The van der Waals surface area contributed by atoms with E-state index in [1.165, 1.54) is 31.2 Å². The van der Waals surface area contributed by atoms with E-state index in [1.54, 1.807) is 24.3 Å². The van der Waals surface area contributed by atoms with Gasteiger partial charge in [0.05, 0.1) is 4.90 Å². The van der Waals surface area contributed by atoms with Crippen LogP contribution in [-0.4, -0.2) is 26.2 Å². The predicted molar refractivity (Wildman–Crippen MR) is 103 cm³/mol. The molecule has 2 aromatic rings. The average molecular weight is 386 g/mol. The molecule has 0 bridgehead atoms. The van der Waals surface area contributed by atoms with Gasteiger partial charge in [-0.25, -0.2) is 8.42 Å². The fourth-order valence-electron chi connectivity index (χ4n) is 2.78. The summed E-state index contributed by atoms with van der Waals surface area (Å²) in [7, 11) is -3.77. The SMILES string of the molecule is CC(=O)c1ccc(S(=O)(=O)Nc2ccc(C(=O)NC(C)C3CC3)cc2)cc1. The first-order chi connectivity index (χ1) is 12.8. The van der Waals surface area contributed by atoms with Crippen LogP contribution in [0.3, 0.4) is 0 Å². The van der Waals surface area contributed by atoms with Gasteiger partial charge in [-0.15, -0.1) is 0 Å². The molecule has 6 nitrogen and oxygen atoms in total. The lowest BCUT2D eigenvalue weighted by atomic mass is 10.1. The molecule has 0 saturated heterocycles.